The van der Waals surface area contributed by atoms with Crippen molar-refractivity contribution in [1.82, 2.24) is 4.98 Å². The molecule has 1 unspecified atom stereocenters. The number of aromatic nitrogens is 1. The predicted molar refractivity (Wildman–Crippen MR) is 67.1 cm³/mol. The maximum absolute atomic E-state index is 11.2. The maximum Gasteiger partial charge on any atom is 0.312 e. The van der Waals surface area contributed by atoms with Crippen molar-refractivity contribution in [2.75, 3.05) is 0 Å². The van der Waals surface area contributed by atoms with E-state index in [1.54, 1.807) is 0 Å². The maximum atomic E-state index is 11.2. The molecule has 0 radical (unpaired) electrons. The monoisotopic (exact) mass is 229 g/mol. The number of nitrogens with zero attached hydrogens (tertiary/aromatic N) is 1. The molecule has 0 amide bonds. The van der Waals surface area contributed by atoms with Gasteiger partial charge in [0.25, 0.3) is 0 Å². The predicted octanol–water partition coefficient (Wildman–Crippen LogP) is 3.12. The van der Waals surface area contributed by atoms with E-state index >= 15 is 0 Å². The highest BCUT2D eigenvalue weighted by Crippen LogP contribution is 2.24. The van der Waals surface area contributed by atoms with Gasteiger partial charge in [-0.15, -0.1) is 0 Å². The molecule has 0 aliphatic rings. The zero-order valence-electron chi connectivity index (χ0n) is 9.97. The first kappa shape index (κ1) is 11.6. The summed E-state index contributed by atoms with van der Waals surface area (Å²) in [5.41, 5.74) is 2.48. The van der Waals surface area contributed by atoms with Gasteiger partial charge in [0.05, 0.1) is 17.1 Å². The van der Waals surface area contributed by atoms with Crippen molar-refractivity contribution in [3.8, 4) is 0 Å². The first-order chi connectivity index (χ1) is 8.13. The van der Waals surface area contributed by atoms with Gasteiger partial charge in [0.2, 0.25) is 0 Å². The molecule has 0 saturated carbocycles. The lowest BCUT2D eigenvalue weighted by atomic mass is 9.97. The van der Waals surface area contributed by atoms with Crippen LogP contribution in [0.25, 0.3) is 10.9 Å². The minimum Gasteiger partial charge on any atom is -0.481 e. The van der Waals surface area contributed by atoms with Crippen molar-refractivity contribution in [1.29, 1.82) is 0 Å². The fourth-order valence-corrected chi connectivity index (χ4v) is 2.07. The second-order valence-electron chi connectivity index (χ2n) is 4.18. The molecule has 0 aliphatic heterocycles. The largest absolute Gasteiger partial charge is 0.481 e. The fraction of sp³-hybridized carbons (Fsp3) is 0.286. The van der Waals surface area contributed by atoms with Gasteiger partial charge in [-0.05, 0) is 31.0 Å². The second kappa shape index (κ2) is 4.53. The Hall–Kier alpha value is -1.90. The quantitative estimate of drug-likeness (QED) is 0.879. The number of hydrogen-bond acceptors (Lipinski definition) is 2. The Morgan fingerprint density at radius 3 is 2.76 bits per heavy atom. The highest BCUT2D eigenvalue weighted by atomic mass is 16.4. The minimum absolute atomic E-state index is 0.514. The van der Waals surface area contributed by atoms with Gasteiger partial charge in [0.1, 0.15) is 0 Å². The highest BCUT2D eigenvalue weighted by Gasteiger charge is 2.21. The molecule has 88 valence electrons. The number of fused-ring (bicyclic) bond motifs is 1. The van der Waals surface area contributed by atoms with Crippen LogP contribution in [0.5, 0.6) is 0 Å². The molecular formula is C14H15NO2. The van der Waals surface area contributed by atoms with Gasteiger partial charge in [-0.1, -0.05) is 25.1 Å². The van der Waals surface area contributed by atoms with Gasteiger partial charge >= 0.3 is 5.97 Å². The van der Waals surface area contributed by atoms with E-state index in [1.165, 1.54) is 0 Å². The van der Waals surface area contributed by atoms with Crippen molar-refractivity contribution < 1.29 is 9.90 Å². The summed E-state index contributed by atoms with van der Waals surface area (Å²) >= 11 is 0. The lowest BCUT2D eigenvalue weighted by Crippen LogP contribution is -2.13. The van der Waals surface area contributed by atoms with Gasteiger partial charge in [-0.3, -0.25) is 9.78 Å². The first-order valence-electron chi connectivity index (χ1n) is 5.72. The SMILES string of the molecule is CCC(C(=O)O)c1nc2ccccc2cc1C. The molecule has 1 N–H and O–H groups in total. The molecule has 0 bridgehead atoms. The summed E-state index contributed by atoms with van der Waals surface area (Å²) in [6, 6.07) is 9.77. The van der Waals surface area contributed by atoms with Crippen LogP contribution < -0.4 is 0 Å². The molecule has 0 aliphatic carbocycles. The van der Waals surface area contributed by atoms with E-state index in [1.807, 2.05) is 44.2 Å². The number of rotatable bonds is 3. The number of aliphatic carboxylic acids is 1. The van der Waals surface area contributed by atoms with Crippen LogP contribution in [0.4, 0.5) is 0 Å². The van der Waals surface area contributed by atoms with E-state index in [0.717, 1.165) is 16.5 Å². The first-order valence-corrected chi connectivity index (χ1v) is 5.72. The molecule has 2 rings (SSSR count). The van der Waals surface area contributed by atoms with Crippen LogP contribution in [0.1, 0.15) is 30.5 Å². The second-order valence-corrected chi connectivity index (χ2v) is 4.18. The Morgan fingerprint density at radius 2 is 2.12 bits per heavy atom. The van der Waals surface area contributed by atoms with Gasteiger partial charge in [-0.25, -0.2) is 0 Å². The highest BCUT2D eigenvalue weighted by molar-refractivity contribution is 5.82. The van der Waals surface area contributed by atoms with Crippen LogP contribution in [-0.2, 0) is 4.79 Å². The molecule has 1 atom stereocenters. The topological polar surface area (TPSA) is 50.2 Å². The van der Waals surface area contributed by atoms with E-state index in [-0.39, 0.29) is 0 Å². The number of pyridine rings is 1. The molecule has 1 aromatic carbocycles. The van der Waals surface area contributed by atoms with Crippen LogP contribution in [0.2, 0.25) is 0 Å². The van der Waals surface area contributed by atoms with Gasteiger partial charge in [0.15, 0.2) is 0 Å². The van der Waals surface area contributed by atoms with Crippen LogP contribution in [-0.4, -0.2) is 16.1 Å². The Bertz CT molecular complexity index is 563. The van der Waals surface area contributed by atoms with Crippen LogP contribution in [0.3, 0.4) is 0 Å². The molecular weight excluding hydrogens is 214 g/mol. The molecule has 3 heteroatoms. The average molecular weight is 229 g/mol. The third-order valence-electron chi connectivity index (χ3n) is 2.99. The van der Waals surface area contributed by atoms with Gasteiger partial charge in [0, 0.05) is 5.39 Å². The van der Waals surface area contributed by atoms with Crippen LogP contribution in [0, 0.1) is 6.92 Å². The normalized spacial score (nSPS) is 12.6. The number of carboxylic acids is 1. The summed E-state index contributed by atoms with van der Waals surface area (Å²) in [4.78, 5) is 15.7. The number of aryl methyl sites for hydroxylation is 1. The summed E-state index contributed by atoms with van der Waals surface area (Å²) in [6.07, 6.45) is 0.557. The van der Waals surface area contributed by atoms with E-state index in [4.69, 9.17) is 0 Å². The Morgan fingerprint density at radius 1 is 1.41 bits per heavy atom. The standard InChI is InChI=1S/C14H15NO2/c1-3-11(14(16)17)13-9(2)8-10-6-4-5-7-12(10)15-13/h4-8,11H,3H2,1-2H3,(H,16,17). The van der Waals surface area contributed by atoms with Crippen LogP contribution in [0.15, 0.2) is 30.3 Å². The fourth-order valence-electron chi connectivity index (χ4n) is 2.07. The van der Waals surface area contributed by atoms with Crippen LogP contribution >= 0.6 is 0 Å². The smallest absolute Gasteiger partial charge is 0.312 e. The van der Waals surface area contributed by atoms with Gasteiger partial charge in [-0.2, -0.15) is 0 Å². The molecule has 0 saturated heterocycles. The van der Waals surface area contributed by atoms with E-state index < -0.39 is 11.9 Å². The number of hydrogen-bond donors (Lipinski definition) is 1. The van der Waals surface area contributed by atoms with Crippen molar-refractivity contribution in [2.45, 2.75) is 26.2 Å². The lowest BCUT2D eigenvalue weighted by molar-refractivity contribution is -0.138. The van der Waals surface area contributed by atoms with E-state index in [0.29, 0.717) is 12.1 Å². The molecule has 1 heterocycles. The van der Waals surface area contributed by atoms with E-state index in [2.05, 4.69) is 4.98 Å². The van der Waals surface area contributed by atoms with Gasteiger partial charge < -0.3 is 5.11 Å². The third-order valence-corrected chi connectivity index (χ3v) is 2.99. The molecule has 17 heavy (non-hydrogen) atoms. The lowest BCUT2D eigenvalue weighted by Gasteiger charge is -2.13. The zero-order valence-corrected chi connectivity index (χ0v) is 9.97. The van der Waals surface area contributed by atoms with Crippen molar-refractivity contribution in [3.63, 3.8) is 0 Å². The zero-order chi connectivity index (χ0) is 12.4. The van der Waals surface area contributed by atoms with E-state index in [9.17, 15) is 9.90 Å². The number of carboxylic acid groups (broad SMARTS) is 1. The Balaban J connectivity index is 2.61. The summed E-state index contributed by atoms with van der Waals surface area (Å²) in [6.45, 7) is 3.79. The molecule has 0 spiro atoms. The molecule has 3 nitrogen and oxygen atoms in total. The summed E-state index contributed by atoms with van der Waals surface area (Å²) in [5, 5.41) is 10.2. The van der Waals surface area contributed by atoms with Crippen molar-refractivity contribution >= 4 is 16.9 Å². The molecule has 1 aromatic heterocycles. The minimum atomic E-state index is -0.807. The van der Waals surface area contributed by atoms with Crippen molar-refractivity contribution in [2.24, 2.45) is 0 Å². The summed E-state index contributed by atoms with van der Waals surface area (Å²) in [5.74, 6) is -1.32. The average Bonchev–Trinajstić information content (AvgIpc) is 2.30. The summed E-state index contributed by atoms with van der Waals surface area (Å²) < 4.78 is 0. The number of benzene rings is 1. The molecule has 0 fully saturated rings. The number of carbonyl (C=O) groups is 1. The van der Waals surface area contributed by atoms with Crippen molar-refractivity contribution in [3.05, 3.63) is 41.6 Å². The molecule has 2 aromatic rings. The Labute approximate surface area is 100 Å². The summed E-state index contributed by atoms with van der Waals surface area (Å²) in [7, 11) is 0. The Kier molecular flexibility index (Phi) is 3.09. The third kappa shape index (κ3) is 2.13. The number of para-hydroxylation sites is 1.